The highest BCUT2D eigenvalue weighted by molar-refractivity contribution is 7.89. The Morgan fingerprint density at radius 3 is 2.45 bits per heavy atom. The normalized spacial score (nSPS) is 19.7. The van der Waals surface area contributed by atoms with Crippen LogP contribution in [0.15, 0.2) is 17.0 Å². The highest BCUT2D eigenvalue weighted by atomic mass is 35.5. The zero-order chi connectivity index (χ0) is 15.6. The van der Waals surface area contributed by atoms with Gasteiger partial charge in [0.1, 0.15) is 5.82 Å². The van der Waals surface area contributed by atoms with Gasteiger partial charge < -0.3 is 5.32 Å². The lowest BCUT2D eigenvalue weighted by atomic mass is 10.00. The van der Waals surface area contributed by atoms with Crippen molar-refractivity contribution in [2.24, 2.45) is 5.92 Å². The summed E-state index contributed by atoms with van der Waals surface area (Å²) in [6.45, 7) is 5.18. The van der Waals surface area contributed by atoms with E-state index in [2.05, 4.69) is 5.32 Å². The Morgan fingerprint density at radius 2 is 1.91 bits per heavy atom. The lowest BCUT2D eigenvalue weighted by Crippen LogP contribution is -2.42. The zero-order valence-electron chi connectivity index (χ0n) is 13.2. The molecule has 1 saturated heterocycles. The van der Waals surface area contributed by atoms with Gasteiger partial charge in [-0.2, -0.15) is 4.31 Å². The van der Waals surface area contributed by atoms with E-state index < -0.39 is 15.8 Å². The lowest BCUT2D eigenvalue weighted by Gasteiger charge is -2.32. The minimum Gasteiger partial charge on any atom is -0.319 e. The molecule has 4 nitrogen and oxygen atoms in total. The van der Waals surface area contributed by atoms with E-state index in [0.717, 1.165) is 19.4 Å². The summed E-state index contributed by atoms with van der Waals surface area (Å²) in [7, 11) is -1.68. The first kappa shape index (κ1) is 19.4. The second-order valence-electron chi connectivity index (χ2n) is 5.80. The van der Waals surface area contributed by atoms with Crippen LogP contribution >= 0.6 is 12.4 Å². The fraction of sp³-hybridized carbons (Fsp3) is 0.600. The van der Waals surface area contributed by atoms with Gasteiger partial charge in [0.05, 0.1) is 4.90 Å². The van der Waals surface area contributed by atoms with Gasteiger partial charge >= 0.3 is 0 Å². The van der Waals surface area contributed by atoms with E-state index in [-0.39, 0.29) is 17.3 Å². The summed E-state index contributed by atoms with van der Waals surface area (Å²) >= 11 is 0. The number of benzene rings is 1. The van der Waals surface area contributed by atoms with E-state index in [4.69, 9.17) is 0 Å². The third kappa shape index (κ3) is 3.98. The Labute approximate surface area is 138 Å². The van der Waals surface area contributed by atoms with Gasteiger partial charge in [0.25, 0.3) is 0 Å². The molecular weight excluding hydrogens is 327 g/mol. The van der Waals surface area contributed by atoms with Crippen molar-refractivity contribution in [2.45, 2.75) is 31.6 Å². The molecule has 22 heavy (non-hydrogen) atoms. The highest BCUT2D eigenvalue weighted by Gasteiger charge is 2.32. The van der Waals surface area contributed by atoms with Crippen molar-refractivity contribution in [3.63, 3.8) is 0 Å². The van der Waals surface area contributed by atoms with E-state index in [1.165, 1.54) is 12.1 Å². The van der Waals surface area contributed by atoms with E-state index in [9.17, 15) is 12.8 Å². The van der Waals surface area contributed by atoms with Crippen LogP contribution in [0.5, 0.6) is 0 Å². The molecule has 1 N–H and O–H groups in total. The molecule has 1 unspecified atom stereocenters. The molecule has 1 aromatic carbocycles. The Hall–Kier alpha value is -0.690. The maximum absolute atomic E-state index is 13.4. The number of hydrogen-bond acceptors (Lipinski definition) is 3. The Morgan fingerprint density at radius 1 is 1.32 bits per heavy atom. The first-order valence-electron chi connectivity index (χ1n) is 7.27. The summed E-state index contributed by atoms with van der Waals surface area (Å²) < 4.78 is 40.7. The fourth-order valence-electron chi connectivity index (χ4n) is 3.13. The molecule has 2 rings (SSSR count). The molecule has 0 spiro atoms. The quantitative estimate of drug-likeness (QED) is 0.907. The number of rotatable bonds is 4. The number of halogens is 2. The van der Waals surface area contributed by atoms with Gasteiger partial charge in [0, 0.05) is 13.1 Å². The van der Waals surface area contributed by atoms with Crippen molar-refractivity contribution < 1.29 is 12.8 Å². The van der Waals surface area contributed by atoms with E-state index in [1.54, 1.807) is 18.2 Å². The molecule has 1 aliphatic heterocycles. The van der Waals surface area contributed by atoms with E-state index in [1.807, 2.05) is 7.05 Å². The van der Waals surface area contributed by atoms with Crippen LogP contribution in [0.3, 0.4) is 0 Å². The van der Waals surface area contributed by atoms with Crippen LogP contribution in [0.2, 0.25) is 0 Å². The number of piperidine rings is 1. The summed E-state index contributed by atoms with van der Waals surface area (Å²) in [4.78, 5) is 0.258. The second-order valence-corrected chi connectivity index (χ2v) is 7.67. The van der Waals surface area contributed by atoms with Crippen molar-refractivity contribution in [3.8, 4) is 0 Å². The molecule has 0 aromatic heterocycles. The van der Waals surface area contributed by atoms with Gasteiger partial charge in [-0.1, -0.05) is 0 Å². The first-order valence-corrected chi connectivity index (χ1v) is 8.71. The van der Waals surface area contributed by atoms with Crippen LogP contribution in [-0.4, -0.2) is 39.4 Å². The predicted molar refractivity (Wildman–Crippen MR) is 88.5 cm³/mol. The van der Waals surface area contributed by atoms with Gasteiger partial charge in [-0.3, -0.25) is 0 Å². The van der Waals surface area contributed by atoms with Crippen LogP contribution in [0.1, 0.15) is 24.0 Å². The van der Waals surface area contributed by atoms with Gasteiger partial charge in [-0.25, -0.2) is 12.8 Å². The summed E-state index contributed by atoms with van der Waals surface area (Å²) in [6.07, 6.45) is 1.90. The molecule has 0 radical (unpaired) electrons. The van der Waals surface area contributed by atoms with Crippen LogP contribution in [-0.2, 0) is 10.0 Å². The molecule has 0 saturated carbocycles. The van der Waals surface area contributed by atoms with Gasteiger partial charge in [0.2, 0.25) is 10.0 Å². The lowest BCUT2D eigenvalue weighted by molar-refractivity contribution is 0.263. The smallest absolute Gasteiger partial charge is 0.243 e. The largest absolute Gasteiger partial charge is 0.319 e. The summed E-state index contributed by atoms with van der Waals surface area (Å²) in [5.41, 5.74) is 0.950. The molecule has 1 heterocycles. The number of nitrogens with one attached hydrogen (secondary N) is 1. The monoisotopic (exact) mass is 350 g/mol. The van der Waals surface area contributed by atoms with Crippen LogP contribution < -0.4 is 5.32 Å². The SMILES string of the molecule is CNCC1CCCN(S(=O)(=O)c2c(C)cc(F)cc2C)C1.Cl. The van der Waals surface area contributed by atoms with E-state index >= 15 is 0 Å². The Balaban J connectivity index is 0.00000242. The maximum Gasteiger partial charge on any atom is 0.243 e. The average molecular weight is 351 g/mol. The molecule has 126 valence electrons. The summed E-state index contributed by atoms with van der Waals surface area (Å²) in [5, 5.41) is 3.11. The van der Waals surface area contributed by atoms with Crippen LogP contribution in [0, 0.1) is 25.6 Å². The molecule has 1 fully saturated rings. The standard InChI is InChI=1S/C15H23FN2O2S.ClH/c1-11-7-14(16)8-12(2)15(11)21(19,20)18-6-4-5-13(10-18)9-17-3;/h7-8,13,17H,4-6,9-10H2,1-3H3;1H. The first-order chi connectivity index (χ1) is 9.86. The number of aryl methyl sites for hydroxylation is 2. The number of nitrogens with zero attached hydrogens (tertiary/aromatic N) is 1. The van der Waals surface area contributed by atoms with Gasteiger partial charge in [-0.05, 0) is 69.5 Å². The number of hydrogen-bond donors (Lipinski definition) is 1. The number of sulfonamides is 1. The van der Waals surface area contributed by atoms with Crippen molar-refractivity contribution in [1.29, 1.82) is 0 Å². The van der Waals surface area contributed by atoms with Crippen molar-refractivity contribution in [2.75, 3.05) is 26.7 Å². The third-order valence-electron chi connectivity index (χ3n) is 4.00. The molecular formula is C15H24ClFN2O2S. The minimum atomic E-state index is -3.55. The summed E-state index contributed by atoms with van der Waals surface area (Å²) in [5.74, 6) is -0.0600. The summed E-state index contributed by atoms with van der Waals surface area (Å²) in [6, 6.07) is 2.57. The molecule has 0 bridgehead atoms. The van der Waals surface area contributed by atoms with Gasteiger partial charge in [-0.15, -0.1) is 12.4 Å². The average Bonchev–Trinajstić information content (AvgIpc) is 2.37. The van der Waals surface area contributed by atoms with Crippen molar-refractivity contribution in [1.82, 2.24) is 9.62 Å². The molecule has 0 amide bonds. The molecule has 1 aromatic rings. The minimum absolute atomic E-state index is 0. The van der Waals surface area contributed by atoms with Crippen molar-refractivity contribution >= 4 is 22.4 Å². The molecule has 1 atom stereocenters. The Bertz CT molecular complexity index is 597. The maximum atomic E-state index is 13.4. The molecule has 1 aliphatic rings. The highest BCUT2D eigenvalue weighted by Crippen LogP contribution is 2.28. The van der Waals surface area contributed by atoms with Crippen LogP contribution in [0.4, 0.5) is 4.39 Å². The zero-order valence-corrected chi connectivity index (χ0v) is 14.9. The molecule has 7 heteroatoms. The second kappa shape index (κ2) is 7.73. The van der Waals surface area contributed by atoms with Crippen molar-refractivity contribution in [3.05, 3.63) is 29.1 Å². The van der Waals surface area contributed by atoms with Crippen LogP contribution in [0.25, 0.3) is 0 Å². The molecule has 0 aliphatic carbocycles. The predicted octanol–water partition coefficient (Wildman–Crippen LogP) is 2.48. The Kier molecular flexibility index (Phi) is 6.80. The third-order valence-corrected chi connectivity index (χ3v) is 6.17. The topological polar surface area (TPSA) is 49.4 Å². The van der Waals surface area contributed by atoms with Gasteiger partial charge in [0.15, 0.2) is 0 Å². The fourth-order valence-corrected chi connectivity index (χ4v) is 5.10. The van der Waals surface area contributed by atoms with E-state index in [0.29, 0.717) is 30.1 Å².